The molecule has 1 heterocycles. The van der Waals surface area contributed by atoms with Crippen molar-refractivity contribution < 1.29 is 4.79 Å². The summed E-state index contributed by atoms with van der Waals surface area (Å²) < 4.78 is 0. The highest BCUT2D eigenvalue weighted by Gasteiger charge is 2.43. The average Bonchev–Trinajstić information content (AvgIpc) is 3.05. The van der Waals surface area contributed by atoms with E-state index in [1.807, 2.05) is 0 Å². The maximum absolute atomic E-state index is 12.2. The van der Waals surface area contributed by atoms with Gasteiger partial charge in [0.05, 0.1) is 0 Å². The molecule has 0 aromatic rings. The van der Waals surface area contributed by atoms with Crippen LogP contribution in [-0.2, 0) is 4.79 Å². The second kappa shape index (κ2) is 5.60. The first-order valence-corrected chi connectivity index (χ1v) is 7.52. The van der Waals surface area contributed by atoms with Gasteiger partial charge in [0.15, 0.2) is 0 Å². The van der Waals surface area contributed by atoms with Gasteiger partial charge in [0.25, 0.3) is 0 Å². The molecule has 0 aromatic heterocycles. The molecule has 2 atom stereocenters. The van der Waals surface area contributed by atoms with Gasteiger partial charge in [-0.2, -0.15) is 0 Å². The van der Waals surface area contributed by atoms with Crippen molar-refractivity contribution in [3.63, 3.8) is 0 Å². The van der Waals surface area contributed by atoms with Crippen LogP contribution in [-0.4, -0.2) is 25.0 Å². The Bertz CT molecular complexity index is 297. The van der Waals surface area contributed by atoms with Gasteiger partial charge in [-0.1, -0.05) is 13.8 Å². The molecule has 0 spiro atoms. The van der Waals surface area contributed by atoms with E-state index in [0.29, 0.717) is 17.4 Å². The first-order valence-electron chi connectivity index (χ1n) is 7.52. The van der Waals surface area contributed by atoms with Gasteiger partial charge < -0.3 is 10.6 Å². The summed E-state index contributed by atoms with van der Waals surface area (Å²) in [5, 5.41) is 6.61. The van der Waals surface area contributed by atoms with E-state index in [2.05, 4.69) is 31.4 Å². The highest BCUT2D eigenvalue weighted by Crippen LogP contribution is 2.50. The average molecular weight is 252 g/mol. The summed E-state index contributed by atoms with van der Waals surface area (Å²) in [6.07, 6.45) is 5.84. The fraction of sp³-hybridized carbons (Fsp3) is 0.933. The van der Waals surface area contributed by atoms with Crippen LogP contribution >= 0.6 is 0 Å². The highest BCUT2D eigenvalue weighted by atomic mass is 16.1. The summed E-state index contributed by atoms with van der Waals surface area (Å²) in [5.41, 5.74) is 0.447. The van der Waals surface area contributed by atoms with Crippen molar-refractivity contribution in [1.82, 2.24) is 10.6 Å². The Morgan fingerprint density at radius 3 is 2.72 bits per heavy atom. The van der Waals surface area contributed by atoms with Crippen LogP contribution in [0.4, 0.5) is 0 Å². The first-order chi connectivity index (χ1) is 8.51. The second-order valence-corrected chi connectivity index (χ2v) is 6.89. The van der Waals surface area contributed by atoms with Crippen molar-refractivity contribution in [1.29, 1.82) is 0 Å². The van der Waals surface area contributed by atoms with Gasteiger partial charge in [-0.3, -0.25) is 4.79 Å². The van der Waals surface area contributed by atoms with Crippen LogP contribution in [0.3, 0.4) is 0 Å². The van der Waals surface area contributed by atoms with Gasteiger partial charge in [-0.25, -0.2) is 0 Å². The quantitative estimate of drug-likeness (QED) is 0.788. The Morgan fingerprint density at radius 1 is 1.44 bits per heavy atom. The Labute approximate surface area is 111 Å². The topological polar surface area (TPSA) is 41.1 Å². The van der Waals surface area contributed by atoms with Gasteiger partial charge in [0, 0.05) is 18.5 Å². The van der Waals surface area contributed by atoms with Crippen LogP contribution in [0.15, 0.2) is 0 Å². The smallest absolute Gasteiger partial charge is 0.223 e. The minimum Gasteiger partial charge on any atom is -0.355 e. The van der Waals surface area contributed by atoms with Crippen LogP contribution in [0, 0.1) is 17.3 Å². The van der Waals surface area contributed by atoms with Gasteiger partial charge in [0.2, 0.25) is 5.91 Å². The Balaban J connectivity index is 1.74. The van der Waals surface area contributed by atoms with Crippen LogP contribution in [0.1, 0.15) is 52.9 Å². The minimum absolute atomic E-state index is 0.232. The number of hydrogen-bond donors (Lipinski definition) is 2. The molecule has 2 fully saturated rings. The monoisotopic (exact) mass is 252 g/mol. The molecule has 18 heavy (non-hydrogen) atoms. The maximum atomic E-state index is 12.2. The molecule has 1 saturated heterocycles. The van der Waals surface area contributed by atoms with Crippen LogP contribution < -0.4 is 10.6 Å². The van der Waals surface area contributed by atoms with E-state index in [4.69, 9.17) is 0 Å². The number of nitrogens with one attached hydrogen (secondary N) is 2. The highest BCUT2D eigenvalue weighted by molar-refractivity contribution is 5.78. The maximum Gasteiger partial charge on any atom is 0.223 e. The SMILES string of the molecule is CC(C)CC1(CNC(=O)[C@H]2CCN[C@@H](C)C2)CC1. The molecule has 1 aliphatic heterocycles. The lowest BCUT2D eigenvalue weighted by Gasteiger charge is -2.28. The molecule has 0 unspecified atom stereocenters. The number of carbonyl (C=O) groups is 1. The van der Waals surface area contributed by atoms with Gasteiger partial charge >= 0.3 is 0 Å². The van der Waals surface area contributed by atoms with E-state index in [0.717, 1.165) is 31.8 Å². The third-order valence-electron chi connectivity index (χ3n) is 4.43. The molecule has 0 bridgehead atoms. The molecule has 2 aliphatic rings. The first kappa shape index (κ1) is 13.9. The zero-order valence-electron chi connectivity index (χ0n) is 12.1. The normalized spacial score (nSPS) is 30.2. The summed E-state index contributed by atoms with van der Waals surface area (Å²) in [5.74, 6) is 1.26. The fourth-order valence-electron chi connectivity index (χ4n) is 3.28. The van der Waals surface area contributed by atoms with E-state index in [-0.39, 0.29) is 5.92 Å². The zero-order chi connectivity index (χ0) is 13.2. The Kier molecular flexibility index (Phi) is 4.31. The number of piperidine rings is 1. The van der Waals surface area contributed by atoms with Crippen molar-refractivity contribution in [2.24, 2.45) is 17.3 Å². The second-order valence-electron chi connectivity index (χ2n) is 6.89. The molecule has 0 radical (unpaired) electrons. The molecule has 1 amide bonds. The van der Waals surface area contributed by atoms with E-state index >= 15 is 0 Å². The summed E-state index contributed by atoms with van der Waals surface area (Å²) in [4.78, 5) is 12.2. The van der Waals surface area contributed by atoms with Crippen LogP contribution in [0.25, 0.3) is 0 Å². The van der Waals surface area contributed by atoms with E-state index < -0.39 is 0 Å². The van der Waals surface area contributed by atoms with Crippen molar-refractivity contribution in [2.45, 2.75) is 58.9 Å². The number of amides is 1. The van der Waals surface area contributed by atoms with Crippen molar-refractivity contribution in [3.05, 3.63) is 0 Å². The summed E-state index contributed by atoms with van der Waals surface area (Å²) >= 11 is 0. The molecular weight excluding hydrogens is 224 g/mol. The Morgan fingerprint density at radius 2 is 2.17 bits per heavy atom. The molecular formula is C15H28N2O. The fourth-order valence-corrected chi connectivity index (χ4v) is 3.28. The van der Waals surface area contributed by atoms with Crippen molar-refractivity contribution in [2.75, 3.05) is 13.1 Å². The lowest BCUT2D eigenvalue weighted by atomic mass is 9.91. The van der Waals surface area contributed by atoms with E-state index in [1.54, 1.807) is 0 Å². The number of rotatable bonds is 5. The molecule has 3 nitrogen and oxygen atoms in total. The van der Waals surface area contributed by atoms with E-state index in [1.165, 1.54) is 19.3 Å². The lowest BCUT2D eigenvalue weighted by molar-refractivity contribution is -0.126. The molecule has 1 aliphatic carbocycles. The van der Waals surface area contributed by atoms with Crippen molar-refractivity contribution >= 4 is 5.91 Å². The van der Waals surface area contributed by atoms with Gasteiger partial charge in [-0.05, 0) is 56.9 Å². The van der Waals surface area contributed by atoms with Crippen molar-refractivity contribution in [3.8, 4) is 0 Å². The molecule has 104 valence electrons. The number of carbonyl (C=O) groups excluding carboxylic acids is 1. The summed E-state index contributed by atoms with van der Waals surface area (Å²) in [6, 6.07) is 0.486. The molecule has 1 saturated carbocycles. The molecule has 2 rings (SSSR count). The third-order valence-corrected chi connectivity index (χ3v) is 4.43. The minimum atomic E-state index is 0.232. The summed E-state index contributed by atoms with van der Waals surface area (Å²) in [6.45, 7) is 8.60. The standard InChI is InChI=1S/C15H28N2O/c1-11(2)9-15(5-6-15)10-17-14(18)13-4-7-16-12(3)8-13/h11-13,16H,4-10H2,1-3H3,(H,17,18)/t12-,13-/m0/s1. The van der Waals surface area contributed by atoms with E-state index in [9.17, 15) is 4.79 Å². The number of hydrogen-bond acceptors (Lipinski definition) is 2. The molecule has 2 N–H and O–H groups in total. The van der Waals surface area contributed by atoms with Crippen LogP contribution in [0.2, 0.25) is 0 Å². The van der Waals surface area contributed by atoms with Gasteiger partial charge in [-0.15, -0.1) is 0 Å². The van der Waals surface area contributed by atoms with Gasteiger partial charge in [0.1, 0.15) is 0 Å². The Hall–Kier alpha value is -0.570. The molecule has 0 aromatic carbocycles. The molecule has 3 heteroatoms. The predicted octanol–water partition coefficient (Wildman–Crippen LogP) is 2.32. The third kappa shape index (κ3) is 3.71. The largest absolute Gasteiger partial charge is 0.355 e. The predicted molar refractivity (Wildman–Crippen MR) is 74.3 cm³/mol. The lowest BCUT2D eigenvalue weighted by Crippen LogP contribution is -2.43. The summed E-state index contributed by atoms with van der Waals surface area (Å²) in [7, 11) is 0. The zero-order valence-corrected chi connectivity index (χ0v) is 12.1. The van der Waals surface area contributed by atoms with Crippen LogP contribution in [0.5, 0.6) is 0 Å².